The minimum atomic E-state index is -0.547. The summed E-state index contributed by atoms with van der Waals surface area (Å²) in [4.78, 5) is 14.1. The smallest absolute Gasteiger partial charge is 0.320 e. The van der Waals surface area contributed by atoms with Crippen molar-refractivity contribution >= 4 is 12.4 Å². The van der Waals surface area contributed by atoms with Gasteiger partial charge in [0, 0.05) is 16.7 Å². The van der Waals surface area contributed by atoms with Crippen LogP contribution >= 0.6 is 0 Å². The molecule has 0 unspecified atom stereocenters. The second kappa shape index (κ2) is 7.52. The molecular weight excluding hydrogens is 333 g/mol. The van der Waals surface area contributed by atoms with E-state index in [2.05, 4.69) is 4.98 Å². The zero-order valence-corrected chi connectivity index (χ0v) is 14.9. The van der Waals surface area contributed by atoms with Crippen LogP contribution in [-0.2, 0) is 0 Å². The molecule has 0 spiro atoms. The Morgan fingerprint density at radius 2 is 1.04 bits per heavy atom. The molecular formula is C22H18BN3O. The van der Waals surface area contributed by atoms with E-state index in [9.17, 15) is 5.02 Å². The van der Waals surface area contributed by atoms with Crippen molar-refractivity contribution in [3.05, 3.63) is 84.9 Å². The molecule has 27 heavy (non-hydrogen) atoms. The fourth-order valence-electron chi connectivity index (χ4n) is 2.88. The molecule has 0 aliphatic heterocycles. The number of rotatable bonds is 4. The van der Waals surface area contributed by atoms with E-state index >= 15 is 0 Å². The maximum absolute atomic E-state index is 9.91. The summed E-state index contributed by atoms with van der Waals surface area (Å²) in [5, 5.41) is 9.91. The molecule has 1 heterocycles. The molecule has 5 heteroatoms. The lowest BCUT2D eigenvalue weighted by atomic mass is 9.64. The van der Waals surface area contributed by atoms with Gasteiger partial charge in [0.1, 0.15) is 0 Å². The first-order valence-electron chi connectivity index (χ1n) is 8.86. The van der Waals surface area contributed by atoms with Crippen molar-refractivity contribution in [2.75, 3.05) is 0 Å². The zero-order chi connectivity index (χ0) is 18.6. The predicted molar refractivity (Wildman–Crippen MR) is 110 cm³/mol. The number of hydrogen-bond acceptors (Lipinski definition) is 4. The highest BCUT2D eigenvalue weighted by molar-refractivity contribution is 6.64. The van der Waals surface area contributed by atoms with Crippen molar-refractivity contribution < 1.29 is 5.02 Å². The summed E-state index contributed by atoms with van der Waals surface area (Å²) in [5.41, 5.74) is 3.55. The Bertz CT molecular complexity index is 996. The van der Waals surface area contributed by atoms with Gasteiger partial charge in [0.05, 0.1) is 0 Å². The van der Waals surface area contributed by atoms with Gasteiger partial charge in [-0.1, -0.05) is 91.8 Å². The van der Waals surface area contributed by atoms with Gasteiger partial charge in [0.15, 0.2) is 17.5 Å². The summed E-state index contributed by atoms with van der Waals surface area (Å²) in [6.45, 7) is 1.20. The van der Waals surface area contributed by atoms with Crippen LogP contribution in [0, 0.1) is 0 Å². The lowest BCUT2D eigenvalue weighted by Crippen LogP contribution is -2.25. The Labute approximate surface area is 158 Å². The summed E-state index contributed by atoms with van der Waals surface area (Å²) in [5.74, 6) is 1.84. The van der Waals surface area contributed by atoms with Gasteiger partial charge in [0.2, 0.25) is 0 Å². The van der Waals surface area contributed by atoms with Gasteiger partial charge >= 0.3 is 6.92 Å². The van der Waals surface area contributed by atoms with Crippen LogP contribution in [0.3, 0.4) is 0 Å². The van der Waals surface area contributed by atoms with Crippen LogP contribution in [0.15, 0.2) is 84.9 Å². The van der Waals surface area contributed by atoms with Crippen molar-refractivity contribution in [2.24, 2.45) is 0 Å². The standard InChI is InChI=1S/C22H18BN3O/c1-23(27)19-14-8-13-18(15-19)22-25-20(16-9-4-2-5-10-16)24-21(26-22)17-11-6-3-7-12-17/h2-15,27H,1H3. The third-order valence-corrected chi connectivity index (χ3v) is 4.33. The summed E-state index contributed by atoms with van der Waals surface area (Å²) >= 11 is 0. The van der Waals surface area contributed by atoms with Crippen molar-refractivity contribution in [2.45, 2.75) is 6.82 Å². The van der Waals surface area contributed by atoms with Crippen molar-refractivity contribution in [3.63, 3.8) is 0 Å². The van der Waals surface area contributed by atoms with E-state index in [1.54, 1.807) is 6.82 Å². The van der Waals surface area contributed by atoms with Gasteiger partial charge in [-0.3, -0.25) is 0 Å². The summed E-state index contributed by atoms with van der Waals surface area (Å²) in [7, 11) is 0. The van der Waals surface area contributed by atoms with E-state index in [0.717, 1.165) is 22.2 Å². The molecule has 0 saturated heterocycles. The van der Waals surface area contributed by atoms with Crippen LogP contribution in [0.5, 0.6) is 0 Å². The minimum absolute atomic E-state index is 0.547. The maximum Gasteiger partial charge on any atom is 0.320 e. The Hall–Kier alpha value is -3.31. The molecule has 0 fully saturated rings. The molecule has 0 aliphatic carbocycles. The first-order chi connectivity index (χ1) is 13.2. The Morgan fingerprint density at radius 1 is 0.593 bits per heavy atom. The van der Waals surface area contributed by atoms with Crippen molar-refractivity contribution in [3.8, 4) is 34.2 Å². The quantitative estimate of drug-likeness (QED) is 0.570. The van der Waals surface area contributed by atoms with Gasteiger partial charge < -0.3 is 5.02 Å². The average Bonchev–Trinajstić information content (AvgIpc) is 2.75. The molecule has 0 bridgehead atoms. The fourth-order valence-corrected chi connectivity index (χ4v) is 2.88. The van der Waals surface area contributed by atoms with Gasteiger partial charge in [-0.15, -0.1) is 0 Å². The van der Waals surface area contributed by atoms with E-state index in [1.165, 1.54) is 0 Å². The molecule has 0 amide bonds. The first kappa shape index (κ1) is 17.1. The first-order valence-corrected chi connectivity index (χ1v) is 8.86. The molecule has 0 radical (unpaired) electrons. The average molecular weight is 351 g/mol. The molecule has 4 aromatic rings. The highest BCUT2D eigenvalue weighted by Crippen LogP contribution is 2.24. The van der Waals surface area contributed by atoms with Crippen LogP contribution in [0.2, 0.25) is 6.82 Å². The zero-order valence-electron chi connectivity index (χ0n) is 14.9. The van der Waals surface area contributed by atoms with Crippen LogP contribution in [0.4, 0.5) is 0 Å². The van der Waals surface area contributed by atoms with Gasteiger partial charge in [-0.2, -0.15) is 0 Å². The van der Waals surface area contributed by atoms with Gasteiger partial charge in [-0.25, -0.2) is 15.0 Å². The molecule has 1 aromatic heterocycles. The van der Waals surface area contributed by atoms with Crippen LogP contribution < -0.4 is 5.46 Å². The second-order valence-electron chi connectivity index (χ2n) is 6.34. The molecule has 130 valence electrons. The van der Waals surface area contributed by atoms with E-state index in [4.69, 9.17) is 9.97 Å². The molecule has 4 rings (SSSR count). The molecule has 1 N–H and O–H groups in total. The second-order valence-corrected chi connectivity index (χ2v) is 6.34. The van der Waals surface area contributed by atoms with Crippen LogP contribution in [0.25, 0.3) is 34.2 Å². The third-order valence-electron chi connectivity index (χ3n) is 4.33. The highest BCUT2D eigenvalue weighted by Gasteiger charge is 2.13. The monoisotopic (exact) mass is 351 g/mol. The normalized spacial score (nSPS) is 10.6. The predicted octanol–water partition coefficient (Wildman–Crippen LogP) is 3.69. The molecule has 3 aromatic carbocycles. The van der Waals surface area contributed by atoms with Crippen molar-refractivity contribution in [1.82, 2.24) is 15.0 Å². The molecule has 0 aliphatic rings. The minimum Gasteiger partial charge on any atom is -0.447 e. The van der Waals surface area contributed by atoms with Gasteiger partial charge in [0.25, 0.3) is 0 Å². The van der Waals surface area contributed by atoms with Crippen LogP contribution in [-0.4, -0.2) is 26.9 Å². The number of nitrogens with zero attached hydrogens (tertiary/aromatic N) is 3. The fraction of sp³-hybridized carbons (Fsp3) is 0.0455. The third kappa shape index (κ3) is 3.78. The topological polar surface area (TPSA) is 58.9 Å². The van der Waals surface area contributed by atoms with Crippen molar-refractivity contribution in [1.29, 1.82) is 0 Å². The Kier molecular flexibility index (Phi) is 4.77. The van der Waals surface area contributed by atoms with E-state index in [0.29, 0.717) is 17.5 Å². The maximum atomic E-state index is 9.91. The van der Waals surface area contributed by atoms with E-state index < -0.39 is 6.92 Å². The van der Waals surface area contributed by atoms with Crippen LogP contribution in [0.1, 0.15) is 0 Å². The summed E-state index contributed by atoms with van der Waals surface area (Å²) in [6, 6.07) is 27.4. The number of hydrogen-bond donors (Lipinski definition) is 1. The Balaban J connectivity index is 1.90. The lowest BCUT2D eigenvalue weighted by molar-refractivity contribution is 0.594. The molecule has 0 saturated carbocycles. The number of benzene rings is 3. The molecule has 0 atom stereocenters. The highest BCUT2D eigenvalue weighted by atomic mass is 16.2. The summed E-state index contributed by atoms with van der Waals surface area (Å²) in [6.07, 6.45) is 0. The SMILES string of the molecule is CB(O)c1cccc(-c2nc(-c3ccccc3)nc(-c3ccccc3)n2)c1. The van der Waals surface area contributed by atoms with E-state index in [1.807, 2.05) is 84.9 Å². The Morgan fingerprint density at radius 3 is 1.52 bits per heavy atom. The summed E-state index contributed by atoms with van der Waals surface area (Å²) < 4.78 is 0. The lowest BCUT2D eigenvalue weighted by Gasteiger charge is -2.09. The molecule has 4 nitrogen and oxygen atoms in total. The van der Waals surface area contributed by atoms with Gasteiger partial charge in [-0.05, 0) is 5.46 Å². The van der Waals surface area contributed by atoms with E-state index in [-0.39, 0.29) is 0 Å². The number of aromatic nitrogens is 3. The largest absolute Gasteiger partial charge is 0.447 e.